The van der Waals surface area contributed by atoms with Crippen LogP contribution >= 0.6 is 0 Å². The van der Waals surface area contributed by atoms with Crippen molar-refractivity contribution in [3.8, 4) is 34.9 Å². The number of hydrogen-bond donors (Lipinski definition) is 0. The Morgan fingerprint density at radius 2 is 0.712 bits per heavy atom. The van der Waals surface area contributed by atoms with Gasteiger partial charge in [0.25, 0.3) is 0 Å². The highest BCUT2D eigenvalue weighted by Crippen LogP contribution is 2.43. The molecule has 0 atom stereocenters. The molecule has 304 valence electrons. The van der Waals surface area contributed by atoms with Crippen LogP contribution in [0.5, 0.6) is 0 Å². The van der Waals surface area contributed by atoms with E-state index in [4.69, 9.17) is 0 Å². The summed E-state index contributed by atoms with van der Waals surface area (Å²) in [5.41, 5.74) is 12.6. The molecule has 0 saturated carbocycles. The minimum atomic E-state index is 0.463. The van der Waals surface area contributed by atoms with Crippen molar-refractivity contribution in [2.45, 2.75) is 0 Å². The number of nitriles is 2. The Bertz CT molecular complexity index is 4430. The van der Waals surface area contributed by atoms with Gasteiger partial charge < -0.3 is 18.3 Å². The zero-order valence-corrected chi connectivity index (χ0v) is 35.3. The molecule has 6 heteroatoms. The van der Waals surface area contributed by atoms with Gasteiger partial charge >= 0.3 is 0 Å². The van der Waals surface area contributed by atoms with E-state index in [1.54, 1.807) is 0 Å². The zero-order valence-electron chi connectivity index (χ0n) is 35.3. The van der Waals surface area contributed by atoms with Gasteiger partial charge in [0.05, 0.1) is 66.6 Å². The average molecular weight is 839 g/mol. The number of rotatable bonds is 4. The number of para-hydroxylation sites is 5. The van der Waals surface area contributed by atoms with E-state index in [-0.39, 0.29) is 0 Å². The van der Waals surface area contributed by atoms with Crippen molar-refractivity contribution in [3.63, 3.8) is 0 Å². The minimum absolute atomic E-state index is 0.463. The van der Waals surface area contributed by atoms with Gasteiger partial charge in [-0.15, -0.1) is 0 Å². The number of hydrogen-bond acceptors (Lipinski definition) is 2. The van der Waals surface area contributed by atoms with Crippen LogP contribution in [-0.2, 0) is 0 Å². The summed E-state index contributed by atoms with van der Waals surface area (Å²) in [5, 5.41) is 33.8. The molecule has 10 aromatic carbocycles. The van der Waals surface area contributed by atoms with E-state index in [0.29, 0.717) is 22.5 Å². The summed E-state index contributed by atoms with van der Waals surface area (Å²) < 4.78 is 9.04. The number of nitrogens with zero attached hydrogens (tertiary/aromatic N) is 6. The molecular weight excluding hydrogens is 805 g/mol. The third-order valence-electron chi connectivity index (χ3n) is 13.8. The molecule has 0 amide bonds. The maximum absolute atomic E-state index is 11.3. The van der Waals surface area contributed by atoms with Gasteiger partial charge in [0, 0.05) is 54.5 Å². The lowest BCUT2D eigenvalue weighted by Crippen LogP contribution is -2.04. The zero-order chi connectivity index (χ0) is 43.6. The van der Waals surface area contributed by atoms with Gasteiger partial charge in [0.15, 0.2) is 0 Å². The van der Waals surface area contributed by atoms with Crippen LogP contribution in [-0.4, -0.2) is 18.3 Å². The molecule has 4 aromatic heterocycles. The van der Waals surface area contributed by atoms with Crippen LogP contribution in [0.2, 0.25) is 0 Å². The van der Waals surface area contributed by atoms with Crippen molar-refractivity contribution in [2.24, 2.45) is 0 Å². The Labute approximate surface area is 377 Å². The lowest BCUT2D eigenvalue weighted by Gasteiger charge is -2.16. The molecule has 0 unspecified atom stereocenters. The van der Waals surface area contributed by atoms with Gasteiger partial charge in [-0.05, 0) is 95.7 Å². The number of aromatic nitrogens is 4. The van der Waals surface area contributed by atoms with Crippen LogP contribution in [0.1, 0.15) is 11.1 Å². The second-order valence-corrected chi connectivity index (χ2v) is 17.1. The van der Waals surface area contributed by atoms with Crippen molar-refractivity contribution in [2.75, 3.05) is 0 Å². The van der Waals surface area contributed by atoms with Crippen molar-refractivity contribution < 1.29 is 0 Å². The summed E-state index contributed by atoms with van der Waals surface area (Å²) >= 11 is 0. The van der Waals surface area contributed by atoms with E-state index >= 15 is 0 Å². The van der Waals surface area contributed by atoms with Crippen LogP contribution in [0.3, 0.4) is 0 Å². The van der Waals surface area contributed by atoms with Gasteiger partial charge in [0.1, 0.15) is 12.1 Å². The van der Waals surface area contributed by atoms with Crippen molar-refractivity contribution >= 4 is 98.0 Å². The van der Waals surface area contributed by atoms with Crippen LogP contribution in [0, 0.1) is 22.7 Å². The molecule has 0 fully saturated rings. The summed E-state index contributed by atoms with van der Waals surface area (Å²) in [4.78, 5) is 0. The van der Waals surface area contributed by atoms with Gasteiger partial charge in [-0.25, -0.2) is 0 Å². The lowest BCUT2D eigenvalue weighted by molar-refractivity contribution is 1.12. The largest absolute Gasteiger partial charge is 0.309 e. The van der Waals surface area contributed by atoms with E-state index in [9.17, 15) is 10.5 Å². The van der Waals surface area contributed by atoms with Gasteiger partial charge in [-0.3, -0.25) is 0 Å². The molecule has 6 nitrogen and oxygen atoms in total. The molecule has 14 rings (SSSR count). The van der Waals surface area contributed by atoms with Crippen LogP contribution in [0.4, 0.5) is 0 Å². The molecule has 66 heavy (non-hydrogen) atoms. The summed E-state index contributed by atoms with van der Waals surface area (Å²) in [6.45, 7) is 0. The highest BCUT2D eigenvalue weighted by Gasteiger charge is 2.24. The molecule has 0 aliphatic rings. The maximum Gasteiger partial charge on any atom is 0.101 e. The topological polar surface area (TPSA) is 67.3 Å². The quantitative estimate of drug-likeness (QED) is 0.177. The van der Waals surface area contributed by atoms with Crippen molar-refractivity contribution in [1.82, 2.24) is 18.3 Å². The second kappa shape index (κ2) is 13.6. The maximum atomic E-state index is 11.3. The molecule has 4 heterocycles. The van der Waals surface area contributed by atoms with Crippen molar-refractivity contribution in [3.05, 3.63) is 217 Å². The molecule has 0 saturated heterocycles. The van der Waals surface area contributed by atoms with Gasteiger partial charge in [-0.1, -0.05) is 121 Å². The van der Waals surface area contributed by atoms with Crippen LogP contribution in [0.25, 0.3) is 121 Å². The second-order valence-electron chi connectivity index (χ2n) is 17.1. The van der Waals surface area contributed by atoms with E-state index in [1.807, 2.05) is 24.3 Å². The summed E-state index contributed by atoms with van der Waals surface area (Å²) in [7, 11) is 0. The first-order valence-electron chi connectivity index (χ1n) is 22.1. The Hall–Kier alpha value is -9.36. The Kier molecular flexibility index (Phi) is 7.43. The molecule has 0 aliphatic carbocycles. The molecule has 0 spiro atoms. The summed E-state index contributed by atoms with van der Waals surface area (Å²) in [6.07, 6.45) is 0. The number of fused-ring (bicyclic) bond motifs is 14. The molecule has 0 aliphatic heterocycles. The van der Waals surface area contributed by atoms with E-state index in [2.05, 4.69) is 212 Å². The Balaban J connectivity index is 1.10. The fourth-order valence-electron chi connectivity index (χ4n) is 11.0. The fourth-order valence-corrected chi connectivity index (χ4v) is 11.0. The Morgan fingerprint density at radius 3 is 1.35 bits per heavy atom. The highest BCUT2D eigenvalue weighted by atomic mass is 15.0. The molecule has 0 radical (unpaired) electrons. The molecule has 0 bridgehead atoms. The Morgan fingerprint density at radius 1 is 0.273 bits per heavy atom. The van der Waals surface area contributed by atoms with Crippen LogP contribution < -0.4 is 0 Å². The predicted octanol–water partition coefficient (Wildman–Crippen LogP) is 15.0. The van der Waals surface area contributed by atoms with Gasteiger partial charge in [-0.2, -0.15) is 10.5 Å². The van der Waals surface area contributed by atoms with E-state index < -0.39 is 0 Å². The van der Waals surface area contributed by atoms with Gasteiger partial charge in [0.2, 0.25) is 0 Å². The first-order valence-corrected chi connectivity index (χ1v) is 22.1. The SMILES string of the molecule is N#Cc1cc(-n2c3ccccc3c3c4ccccc4ccc32)c(C#N)cc1-n1c2ccc(-n3c4ccccc4c4ccccc43)cc2c2cc3c4ccccc4n(-c4ccccc4)c3cc21. The van der Waals surface area contributed by atoms with Crippen LogP contribution in [0.15, 0.2) is 206 Å². The third-order valence-corrected chi connectivity index (χ3v) is 13.8. The molecule has 0 N–H and O–H groups in total. The average Bonchev–Trinajstić information content (AvgIpc) is 4.10. The summed E-state index contributed by atoms with van der Waals surface area (Å²) in [5.74, 6) is 0. The first-order chi connectivity index (χ1) is 32.7. The predicted molar refractivity (Wildman–Crippen MR) is 271 cm³/mol. The third kappa shape index (κ3) is 4.87. The monoisotopic (exact) mass is 838 g/mol. The molecular formula is C60H34N6. The van der Waals surface area contributed by atoms with E-state index in [0.717, 1.165) is 98.6 Å². The smallest absolute Gasteiger partial charge is 0.101 e. The van der Waals surface area contributed by atoms with E-state index in [1.165, 1.54) is 10.8 Å². The normalized spacial score (nSPS) is 11.9. The minimum Gasteiger partial charge on any atom is -0.309 e. The fraction of sp³-hybridized carbons (Fsp3) is 0. The standard InChI is InChI=1S/C60H34N6/c61-35-38-31-57(39(36-62)30-56(38)65-53-25-13-9-21-46(53)60-42-17-5-4-14-37(42)26-28-55(60)65)66-54-29-27-41(64-50-22-10-6-18-43(50)44-19-7-11-23-51(44)64)32-47(54)49-33-48-45-20-8-12-24-52(45)63(58(48)34-59(49)66)40-15-2-1-3-16-40/h1-34H. The lowest BCUT2D eigenvalue weighted by atomic mass is 10.0. The molecule has 14 aromatic rings. The number of benzene rings is 10. The first kappa shape index (κ1) is 36.2. The van der Waals surface area contributed by atoms with Crippen molar-refractivity contribution in [1.29, 1.82) is 10.5 Å². The highest BCUT2D eigenvalue weighted by molar-refractivity contribution is 6.22. The summed E-state index contributed by atoms with van der Waals surface area (Å²) in [6, 6.07) is 77.6.